The van der Waals surface area contributed by atoms with Gasteiger partial charge in [-0.15, -0.1) is 0 Å². The van der Waals surface area contributed by atoms with Gasteiger partial charge in [0.2, 0.25) is 11.8 Å². The minimum absolute atomic E-state index is 0.0298. The van der Waals surface area contributed by atoms with Crippen molar-refractivity contribution < 1.29 is 14.3 Å². The number of anilines is 3. The first kappa shape index (κ1) is 21.1. The van der Waals surface area contributed by atoms with Gasteiger partial charge in [-0.05, 0) is 55.7 Å². The van der Waals surface area contributed by atoms with Crippen LogP contribution in [-0.2, 0) is 9.59 Å². The predicted octanol–water partition coefficient (Wildman–Crippen LogP) is 4.43. The van der Waals surface area contributed by atoms with Crippen LogP contribution < -0.4 is 20.3 Å². The second-order valence-corrected chi connectivity index (χ2v) is 8.82. The second kappa shape index (κ2) is 8.93. The van der Waals surface area contributed by atoms with Crippen LogP contribution in [0.3, 0.4) is 0 Å². The van der Waals surface area contributed by atoms with Gasteiger partial charge in [0.05, 0.1) is 23.0 Å². The van der Waals surface area contributed by atoms with Crippen molar-refractivity contribution in [3.05, 3.63) is 42.0 Å². The lowest BCUT2D eigenvalue weighted by Crippen LogP contribution is -2.38. The Labute approximate surface area is 185 Å². The number of carbonyl (C=O) groups excluding carboxylic acids is 2. The van der Waals surface area contributed by atoms with E-state index in [0.717, 1.165) is 36.6 Å². The lowest BCUT2D eigenvalue weighted by Gasteiger charge is -2.31. The number of amides is 2. The Morgan fingerprint density at radius 3 is 2.61 bits per heavy atom. The lowest BCUT2D eigenvalue weighted by molar-refractivity contribution is -0.120. The Balaban J connectivity index is 1.40. The highest BCUT2D eigenvalue weighted by molar-refractivity contribution is 7.22. The van der Waals surface area contributed by atoms with Gasteiger partial charge >= 0.3 is 0 Å². The van der Waals surface area contributed by atoms with E-state index >= 15 is 0 Å². The van der Waals surface area contributed by atoms with Gasteiger partial charge in [-0.25, -0.2) is 4.98 Å². The van der Waals surface area contributed by atoms with Crippen molar-refractivity contribution in [1.82, 2.24) is 4.98 Å². The van der Waals surface area contributed by atoms with Crippen molar-refractivity contribution in [2.75, 3.05) is 35.7 Å². The third-order valence-corrected chi connectivity index (χ3v) is 6.53. The van der Waals surface area contributed by atoms with Gasteiger partial charge in [0.1, 0.15) is 5.75 Å². The van der Waals surface area contributed by atoms with Gasteiger partial charge < -0.3 is 20.3 Å². The molecule has 31 heavy (non-hydrogen) atoms. The third kappa shape index (κ3) is 4.80. The number of rotatable bonds is 5. The fourth-order valence-electron chi connectivity index (χ4n) is 3.81. The number of methoxy groups -OCH3 is 1. The quantitative estimate of drug-likeness (QED) is 0.616. The fourth-order valence-corrected chi connectivity index (χ4v) is 4.92. The highest BCUT2D eigenvalue weighted by Crippen LogP contribution is 2.33. The van der Waals surface area contributed by atoms with E-state index in [9.17, 15) is 9.59 Å². The van der Waals surface area contributed by atoms with Crippen molar-refractivity contribution >= 4 is 49.9 Å². The number of fused-ring (bicyclic) bond motifs is 1. The maximum Gasteiger partial charge on any atom is 0.227 e. The van der Waals surface area contributed by atoms with Gasteiger partial charge in [0.25, 0.3) is 0 Å². The smallest absolute Gasteiger partial charge is 0.227 e. The van der Waals surface area contributed by atoms with Crippen LogP contribution in [0.15, 0.2) is 36.4 Å². The number of carbonyl (C=O) groups is 2. The largest absolute Gasteiger partial charge is 0.495 e. The van der Waals surface area contributed by atoms with Crippen molar-refractivity contribution in [1.29, 1.82) is 0 Å². The summed E-state index contributed by atoms with van der Waals surface area (Å²) in [5.41, 5.74) is 3.43. The molecule has 0 spiro atoms. The van der Waals surface area contributed by atoms with Crippen molar-refractivity contribution in [3.8, 4) is 5.75 Å². The topological polar surface area (TPSA) is 83.6 Å². The molecule has 7 nitrogen and oxygen atoms in total. The number of hydrogen-bond donors (Lipinski definition) is 2. The predicted molar refractivity (Wildman–Crippen MR) is 125 cm³/mol. The first-order chi connectivity index (χ1) is 14.9. The second-order valence-electron chi connectivity index (χ2n) is 7.81. The summed E-state index contributed by atoms with van der Waals surface area (Å²) in [6.07, 6.45) is 1.52. The molecular weight excluding hydrogens is 412 g/mol. The Hall–Kier alpha value is -3.13. The summed E-state index contributed by atoms with van der Waals surface area (Å²) in [7, 11) is 1.56. The van der Waals surface area contributed by atoms with Gasteiger partial charge in [-0.1, -0.05) is 17.4 Å². The summed E-state index contributed by atoms with van der Waals surface area (Å²) < 4.78 is 6.56. The molecule has 3 aromatic rings. The van der Waals surface area contributed by atoms with E-state index in [1.165, 1.54) is 17.2 Å². The number of benzene rings is 2. The van der Waals surface area contributed by atoms with Crippen LogP contribution in [0.25, 0.3) is 10.2 Å². The van der Waals surface area contributed by atoms with Gasteiger partial charge in [-0.3, -0.25) is 9.59 Å². The highest BCUT2D eigenvalue weighted by Gasteiger charge is 2.27. The molecule has 1 aliphatic heterocycles. The molecule has 162 valence electrons. The molecule has 1 aromatic heterocycles. The zero-order valence-electron chi connectivity index (χ0n) is 17.9. The Kier molecular flexibility index (Phi) is 6.08. The number of aryl methyl sites for hydroxylation is 1. The summed E-state index contributed by atoms with van der Waals surface area (Å²) in [6.45, 7) is 5.12. The molecular formula is C23H26N4O3S. The van der Waals surface area contributed by atoms with Gasteiger partial charge in [0.15, 0.2) is 5.13 Å². The van der Waals surface area contributed by atoms with Gasteiger partial charge in [0, 0.05) is 31.6 Å². The van der Waals surface area contributed by atoms with Crippen LogP contribution in [-0.4, -0.2) is 37.0 Å². The van der Waals surface area contributed by atoms with E-state index in [1.54, 1.807) is 36.6 Å². The molecule has 8 heteroatoms. The molecule has 1 saturated heterocycles. The maximum atomic E-state index is 12.9. The van der Waals surface area contributed by atoms with Gasteiger partial charge in [-0.2, -0.15) is 0 Å². The monoisotopic (exact) mass is 438 g/mol. The SMILES string of the molecule is COc1ccc(NC(C)=O)cc1NC(=O)C1CCN(c2nc3ccc(C)cc3s2)CC1. The first-order valence-corrected chi connectivity index (χ1v) is 11.1. The molecule has 4 rings (SSSR count). The molecule has 0 unspecified atom stereocenters. The van der Waals surface area contributed by atoms with Crippen molar-refractivity contribution in [2.45, 2.75) is 26.7 Å². The van der Waals surface area contributed by atoms with E-state index in [1.807, 2.05) is 0 Å². The summed E-state index contributed by atoms with van der Waals surface area (Å²) >= 11 is 1.70. The molecule has 0 aliphatic carbocycles. The number of nitrogens with zero attached hydrogens (tertiary/aromatic N) is 2. The van der Waals surface area contributed by atoms with E-state index < -0.39 is 0 Å². The molecule has 2 N–H and O–H groups in total. The van der Waals surface area contributed by atoms with E-state index in [-0.39, 0.29) is 17.7 Å². The van der Waals surface area contributed by atoms with Crippen LogP contribution in [0.4, 0.5) is 16.5 Å². The standard InChI is InChI=1S/C23H26N4O3S/c1-14-4-6-18-21(12-14)31-23(26-18)27-10-8-16(9-11-27)22(29)25-19-13-17(24-15(2)28)5-7-20(19)30-3/h4-7,12-13,16H,8-11H2,1-3H3,(H,24,28)(H,25,29). The minimum atomic E-state index is -0.167. The Morgan fingerprint density at radius 1 is 1.13 bits per heavy atom. The van der Waals surface area contributed by atoms with Crippen LogP contribution >= 0.6 is 11.3 Å². The summed E-state index contributed by atoms with van der Waals surface area (Å²) in [6, 6.07) is 11.5. The van der Waals surface area contributed by atoms with Crippen molar-refractivity contribution in [2.24, 2.45) is 5.92 Å². The number of ether oxygens (including phenoxy) is 1. The molecule has 2 aromatic carbocycles. The molecule has 2 amide bonds. The zero-order chi connectivity index (χ0) is 22.0. The molecule has 0 saturated carbocycles. The van der Waals surface area contributed by atoms with Crippen LogP contribution in [0, 0.1) is 12.8 Å². The average Bonchev–Trinajstić information content (AvgIpc) is 3.17. The van der Waals surface area contributed by atoms with Crippen molar-refractivity contribution in [3.63, 3.8) is 0 Å². The average molecular weight is 439 g/mol. The number of thiazole rings is 1. The zero-order valence-corrected chi connectivity index (χ0v) is 18.7. The highest BCUT2D eigenvalue weighted by atomic mass is 32.1. The number of nitrogens with one attached hydrogen (secondary N) is 2. The molecule has 2 heterocycles. The fraction of sp³-hybridized carbons (Fsp3) is 0.348. The number of hydrogen-bond acceptors (Lipinski definition) is 6. The first-order valence-electron chi connectivity index (χ1n) is 10.3. The van der Waals surface area contributed by atoms with Crippen LogP contribution in [0.1, 0.15) is 25.3 Å². The Bertz CT molecular complexity index is 1120. The van der Waals surface area contributed by atoms with E-state index in [0.29, 0.717) is 17.1 Å². The minimum Gasteiger partial charge on any atom is -0.495 e. The number of aromatic nitrogens is 1. The van der Waals surface area contributed by atoms with E-state index in [2.05, 4.69) is 40.7 Å². The third-order valence-electron chi connectivity index (χ3n) is 5.45. The van der Waals surface area contributed by atoms with Crippen LogP contribution in [0.5, 0.6) is 5.75 Å². The molecule has 1 aliphatic rings. The summed E-state index contributed by atoms with van der Waals surface area (Å²) in [5.74, 6) is 0.282. The van der Waals surface area contributed by atoms with Crippen LogP contribution in [0.2, 0.25) is 0 Å². The normalized spacial score (nSPS) is 14.5. The molecule has 0 atom stereocenters. The number of piperidine rings is 1. The van der Waals surface area contributed by atoms with E-state index in [4.69, 9.17) is 9.72 Å². The summed E-state index contributed by atoms with van der Waals surface area (Å²) in [5, 5.41) is 6.73. The lowest BCUT2D eigenvalue weighted by atomic mass is 9.96. The summed E-state index contributed by atoms with van der Waals surface area (Å²) in [4.78, 5) is 31.3. The molecule has 1 fully saturated rings. The molecule has 0 radical (unpaired) electrons. The maximum absolute atomic E-state index is 12.9. The Morgan fingerprint density at radius 2 is 1.90 bits per heavy atom. The molecule has 0 bridgehead atoms.